The van der Waals surface area contributed by atoms with Crippen molar-refractivity contribution >= 4 is 28.3 Å². The standard InChI is InChI=1S/C19H31N3O3S.ClH/c1-15(2)22-26(24,25)18-11-7-8-16(14-18)19(23)21-13-12-20-17-9-5-3-4-6-10-17;/h7-8,11,14-15,17,20,22H,3-6,9-10,12-13H2,1-2H3,(H,21,23);1H. The average molecular weight is 418 g/mol. The lowest BCUT2D eigenvalue weighted by Crippen LogP contribution is -2.37. The van der Waals surface area contributed by atoms with E-state index in [0.717, 1.165) is 6.54 Å². The van der Waals surface area contributed by atoms with Crippen molar-refractivity contribution in [3.8, 4) is 0 Å². The van der Waals surface area contributed by atoms with Crippen molar-refractivity contribution < 1.29 is 13.2 Å². The fraction of sp³-hybridized carbons (Fsp3) is 0.632. The van der Waals surface area contributed by atoms with Gasteiger partial charge in [-0.1, -0.05) is 31.7 Å². The second-order valence-electron chi connectivity index (χ2n) is 7.20. The highest BCUT2D eigenvalue weighted by Crippen LogP contribution is 2.17. The summed E-state index contributed by atoms with van der Waals surface area (Å²) in [4.78, 5) is 12.4. The third kappa shape index (κ3) is 8.17. The quantitative estimate of drug-likeness (QED) is 0.448. The zero-order valence-corrected chi connectivity index (χ0v) is 17.8. The van der Waals surface area contributed by atoms with E-state index in [-0.39, 0.29) is 29.3 Å². The maximum atomic E-state index is 12.3. The minimum Gasteiger partial charge on any atom is -0.351 e. The van der Waals surface area contributed by atoms with Gasteiger partial charge in [0.25, 0.3) is 5.91 Å². The van der Waals surface area contributed by atoms with Gasteiger partial charge in [-0.2, -0.15) is 0 Å². The topological polar surface area (TPSA) is 87.3 Å². The fourth-order valence-electron chi connectivity index (χ4n) is 3.22. The maximum Gasteiger partial charge on any atom is 0.251 e. The first kappa shape index (κ1) is 23.9. The van der Waals surface area contributed by atoms with Crippen molar-refractivity contribution in [3.63, 3.8) is 0 Å². The highest BCUT2D eigenvalue weighted by molar-refractivity contribution is 7.89. The molecule has 0 radical (unpaired) electrons. The lowest BCUT2D eigenvalue weighted by atomic mass is 10.1. The summed E-state index contributed by atoms with van der Waals surface area (Å²) < 4.78 is 27.0. The average Bonchev–Trinajstić information content (AvgIpc) is 2.86. The van der Waals surface area contributed by atoms with Crippen molar-refractivity contribution in [2.75, 3.05) is 13.1 Å². The Hall–Kier alpha value is -1.15. The van der Waals surface area contributed by atoms with Crippen molar-refractivity contribution in [2.24, 2.45) is 0 Å². The largest absolute Gasteiger partial charge is 0.351 e. The van der Waals surface area contributed by atoms with Crippen LogP contribution < -0.4 is 15.4 Å². The van der Waals surface area contributed by atoms with E-state index in [1.165, 1.54) is 50.7 Å². The normalized spacial score (nSPS) is 15.8. The Morgan fingerprint density at radius 3 is 2.41 bits per heavy atom. The van der Waals surface area contributed by atoms with Gasteiger partial charge in [0, 0.05) is 30.7 Å². The van der Waals surface area contributed by atoms with Crippen LogP contribution in [-0.4, -0.2) is 39.5 Å². The van der Waals surface area contributed by atoms with Gasteiger partial charge in [0.15, 0.2) is 0 Å². The predicted molar refractivity (Wildman–Crippen MR) is 111 cm³/mol. The third-order valence-electron chi connectivity index (χ3n) is 4.50. The van der Waals surface area contributed by atoms with Crippen molar-refractivity contribution in [2.45, 2.75) is 69.4 Å². The number of sulfonamides is 1. The summed E-state index contributed by atoms with van der Waals surface area (Å²) in [6.45, 7) is 4.77. The van der Waals surface area contributed by atoms with Gasteiger partial charge in [-0.25, -0.2) is 13.1 Å². The first-order valence-corrected chi connectivity index (χ1v) is 11.0. The third-order valence-corrected chi connectivity index (χ3v) is 6.15. The summed E-state index contributed by atoms with van der Waals surface area (Å²) in [6.07, 6.45) is 7.60. The van der Waals surface area contributed by atoms with E-state index >= 15 is 0 Å². The van der Waals surface area contributed by atoms with Crippen LogP contribution in [0.25, 0.3) is 0 Å². The molecule has 1 saturated carbocycles. The zero-order valence-electron chi connectivity index (χ0n) is 16.2. The molecule has 27 heavy (non-hydrogen) atoms. The molecule has 1 aromatic rings. The van der Waals surface area contributed by atoms with E-state index in [4.69, 9.17) is 0 Å². The van der Waals surface area contributed by atoms with Gasteiger partial charge >= 0.3 is 0 Å². The second kappa shape index (κ2) is 11.6. The number of hydrogen-bond donors (Lipinski definition) is 3. The number of rotatable bonds is 8. The van der Waals surface area contributed by atoms with Crippen molar-refractivity contribution in [3.05, 3.63) is 29.8 Å². The Kier molecular flexibility index (Phi) is 10.3. The van der Waals surface area contributed by atoms with Crippen LogP contribution in [-0.2, 0) is 10.0 Å². The molecule has 6 nitrogen and oxygen atoms in total. The molecule has 154 valence electrons. The van der Waals surface area contributed by atoms with E-state index < -0.39 is 10.0 Å². The molecule has 0 spiro atoms. The summed E-state index contributed by atoms with van der Waals surface area (Å²) in [5.41, 5.74) is 0.353. The second-order valence-corrected chi connectivity index (χ2v) is 8.92. The van der Waals surface area contributed by atoms with Crippen molar-refractivity contribution in [1.29, 1.82) is 0 Å². The molecular weight excluding hydrogens is 386 g/mol. The molecule has 1 amide bonds. The number of amides is 1. The number of carbonyl (C=O) groups is 1. The molecule has 1 aromatic carbocycles. The molecule has 0 aromatic heterocycles. The van der Waals surface area contributed by atoms with Gasteiger partial charge in [0.05, 0.1) is 4.90 Å². The number of benzene rings is 1. The molecule has 8 heteroatoms. The summed E-state index contributed by atoms with van der Waals surface area (Å²) in [7, 11) is -3.60. The van der Waals surface area contributed by atoms with Crippen LogP contribution in [0.15, 0.2) is 29.2 Å². The summed E-state index contributed by atoms with van der Waals surface area (Å²) in [5, 5.41) is 6.36. The van der Waals surface area contributed by atoms with Gasteiger partial charge in [-0.3, -0.25) is 4.79 Å². The van der Waals surface area contributed by atoms with E-state index in [2.05, 4.69) is 15.4 Å². The molecule has 0 atom stereocenters. The minimum atomic E-state index is -3.60. The molecule has 3 N–H and O–H groups in total. The van der Waals surface area contributed by atoms with Gasteiger partial charge in [0.1, 0.15) is 0 Å². The van der Waals surface area contributed by atoms with Gasteiger partial charge < -0.3 is 10.6 Å². The van der Waals surface area contributed by atoms with E-state index in [1.54, 1.807) is 26.0 Å². The monoisotopic (exact) mass is 417 g/mol. The number of nitrogens with one attached hydrogen (secondary N) is 3. The van der Waals surface area contributed by atoms with Crippen LogP contribution >= 0.6 is 12.4 Å². The molecule has 1 fully saturated rings. The molecular formula is C19H32ClN3O3S. The summed E-state index contributed by atoms with van der Waals surface area (Å²) in [6, 6.07) is 6.47. The Labute approximate surface area is 169 Å². The molecule has 0 unspecified atom stereocenters. The lowest BCUT2D eigenvalue weighted by Gasteiger charge is -2.16. The Morgan fingerprint density at radius 1 is 1.11 bits per heavy atom. The van der Waals surface area contributed by atoms with Crippen LogP contribution in [0.1, 0.15) is 62.7 Å². The Balaban J connectivity index is 0.00000364. The molecule has 1 aliphatic carbocycles. The Bertz CT molecular complexity index is 687. The SMILES string of the molecule is CC(C)NS(=O)(=O)c1cccc(C(=O)NCCNC2CCCCCC2)c1.Cl. The molecule has 0 bridgehead atoms. The molecule has 0 aliphatic heterocycles. The zero-order chi connectivity index (χ0) is 19.0. The molecule has 2 rings (SSSR count). The van der Waals surface area contributed by atoms with Crippen LogP contribution in [0.3, 0.4) is 0 Å². The number of hydrogen-bond acceptors (Lipinski definition) is 4. The summed E-state index contributed by atoms with van der Waals surface area (Å²) in [5.74, 6) is -0.255. The molecule has 0 saturated heterocycles. The fourth-order valence-corrected chi connectivity index (χ4v) is 4.52. The highest BCUT2D eigenvalue weighted by Gasteiger charge is 2.17. The van der Waals surface area contributed by atoms with Crippen LogP contribution in [0, 0.1) is 0 Å². The predicted octanol–water partition coefficient (Wildman–Crippen LogP) is 2.84. The first-order valence-electron chi connectivity index (χ1n) is 9.52. The number of halogens is 1. The minimum absolute atomic E-state index is 0. The van der Waals surface area contributed by atoms with E-state index in [0.29, 0.717) is 18.2 Å². The maximum absolute atomic E-state index is 12.3. The summed E-state index contributed by atoms with van der Waals surface area (Å²) >= 11 is 0. The van der Waals surface area contributed by atoms with Gasteiger partial charge in [-0.05, 0) is 44.9 Å². The van der Waals surface area contributed by atoms with Crippen LogP contribution in [0.5, 0.6) is 0 Å². The first-order chi connectivity index (χ1) is 12.4. The smallest absolute Gasteiger partial charge is 0.251 e. The Morgan fingerprint density at radius 2 is 1.78 bits per heavy atom. The molecule has 0 heterocycles. The number of carbonyl (C=O) groups excluding carboxylic acids is 1. The van der Waals surface area contributed by atoms with Gasteiger partial charge in [-0.15, -0.1) is 12.4 Å². The van der Waals surface area contributed by atoms with Crippen LogP contribution in [0.2, 0.25) is 0 Å². The van der Waals surface area contributed by atoms with Gasteiger partial charge in [0.2, 0.25) is 10.0 Å². The van der Waals surface area contributed by atoms with Crippen LogP contribution in [0.4, 0.5) is 0 Å². The molecule has 1 aliphatic rings. The lowest BCUT2D eigenvalue weighted by molar-refractivity contribution is 0.0953. The van der Waals surface area contributed by atoms with E-state index in [1.807, 2.05) is 0 Å². The van der Waals surface area contributed by atoms with E-state index in [9.17, 15) is 13.2 Å². The van der Waals surface area contributed by atoms with Crippen molar-refractivity contribution in [1.82, 2.24) is 15.4 Å². The highest BCUT2D eigenvalue weighted by atomic mass is 35.5.